The predicted molar refractivity (Wildman–Crippen MR) is 120 cm³/mol. The van der Waals surface area contributed by atoms with Crippen LogP contribution in [0.4, 0.5) is 5.69 Å². The van der Waals surface area contributed by atoms with Crippen molar-refractivity contribution >= 4 is 23.2 Å². The molecule has 1 saturated heterocycles. The van der Waals surface area contributed by atoms with E-state index in [2.05, 4.69) is 15.4 Å². The van der Waals surface area contributed by atoms with Crippen molar-refractivity contribution in [3.63, 3.8) is 0 Å². The zero-order valence-electron chi connectivity index (χ0n) is 17.6. The molecule has 1 fully saturated rings. The third-order valence-electron chi connectivity index (χ3n) is 6.02. The summed E-state index contributed by atoms with van der Waals surface area (Å²) in [5.74, 6) is 0.0852. The van der Waals surface area contributed by atoms with Crippen LogP contribution < -0.4 is 5.32 Å². The highest BCUT2D eigenvalue weighted by Gasteiger charge is 2.23. The molecule has 31 heavy (non-hydrogen) atoms. The van der Waals surface area contributed by atoms with Crippen LogP contribution in [0.15, 0.2) is 53.7 Å². The molecule has 0 aromatic heterocycles. The van der Waals surface area contributed by atoms with Gasteiger partial charge in [0.25, 0.3) is 5.91 Å². The number of nitrogens with one attached hydrogen (secondary N) is 1. The van der Waals surface area contributed by atoms with Gasteiger partial charge in [0.1, 0.15) is 0 Å². The van der Waals surface area contributed by atoms with Crippen LogP contribution in [0.1, 0.15) is 40.7 Å². The van der Waals surface area contributed by atoms with Crippen LogP contribution in [0, 0.1) is 0 Å². The zero-order valence-corrected chi connectivity index (χ0v) is 17.6. The molecule has 2 heterocycles. The third kappa shape index (κ3) is 5.11. The molecule has 2 aromatic carbocycles. The molecule has 2 N–H and O–H groups in total. The summed E-state index contributed by atoms with van der Waals surface area (Å²) in [4.78, 5) is 28.7. The summed E-state index contributed by atoms with van der Waals surface area (Å²) in [6, 6.07) is 15.3. The number of carbonyl (C=O) groups is 2. The summed E-state index contributed by atoms with van der Waals surface area (Å²) in [7, 11) is 0. The maximum Gasteiger partial charge on any atom is 0.253 e. The molecule has 0 spiro atoms. The maximum atomic E-state index is 12.9. The van der Waals surface area contributed by atoms with E-state index in [4.69, 9.17) is 0 Å². The van der Waals surface area contributed by atoms with Gasteiger partial charge in [-0.25, -0.2) is 0 Å². The van der Waals surface area contributed by atoms with E-state index >= 15 is 0 Å². The summed E-state index contributed by atoms with van der Waals surface area (Å²) in [5, 5.41) is 15.6. The SMILES string of the molecule is O=C1CCc2cc(C(=O)N3CCN(CCCC(=NO)c4ccccc4)CC3)ccc2N1. The second-order valence-electron chi connectivity index (χ2n) is 8.07. The van der Waals surface area contributed by atoms with E-state index in [1.165, 1.54) is 0 Å². The molecule has 0 saturated carbocycles. The number of nitrogens with zero attached hydrogens (tertiary/aromatic N) is 3. The monoisotopic (exact) mass is 420 g/mol. The van der Waals surface area contributed by atoms with Crippen LogP contribution >= 0.6 is 0 Å². The molecule has 162 valence electrons. The quantitative estimate of drug-likeness (QED) is 0.427. The highest BCUT2D eigenvalue weighted by Crippen LogP contribution is 2.24. The van der Waals surface area contributed by atoms with Crippen LogP contribution in [-0.4, -0.2) is 65.3 Å². The Labute approximate surface area is 182 Å². The first kappa shape index (κ1) is 21.1. The van der Waals surface area contributed by atoms with Gasteiger partial charge in [-0.15, -0.1) is 0 Å². The molecule has 2 aliphatic heterocycles. The van der Waals surface area contributed by atoms with Crippen molar-refractivity contribution in [3.05, 3.63) is 65.2 Å². The van der Waals surface area contributed by atoms with Gasteiger partial charge in [-0.1, -0.05) is 35.5 Å². The van der Waals surface area contributed by atoms with Gasteiger partial charge >= 0.3 is 0 Å². The van der Waals surface area contributed by atoms with Crippen LogP contribution in [0.3, 0.4) is 0 Å². The molecular weight excluding hydrogens is 392 g/mol. The summed E-state index contributed by atoms with van der Waals surface area (Å²) < 4.78 is 0. The molecule has 0 unspecified atom stereocenters. The van der Waals surface area contributed by atoms with E-state index in [0.717, 1.165) is 42.9 Å². The number of rotatable bonds is 6. The number of hydrogen-bond donors (Lipinski definition) is 2. The fourth-order valence-corrected chi connectivity index (χ4v) is 4.23. The summed E-state index contributed by atoms with van der Waals surface area (Å²) in [6.45, 7) is 3.98. The molecule has 0 bridgehead atoms. The lowest BCUT2D eigenvalue weighted by molar-refractivity contribution is -0.116. The Bertz CT molecular complexity index is 966. The third-order valence-corrected chi connectivity index (χ3v) is 6.02. The minimum atomic E-state index is 0.0313. The van der Waals surface area contributed by atoms with Crippen LogP contribution in [0.2, 0.25) is 0 Å². The lowest BCUT2D eigenvalue weighted by Gasteiger charge is -2.35. The summed E-state index contributed by atoms with van der Waals surface area (Å²) in [6.07, 6.45) is 2.76. The van der Waals surface area contributed by atoms with Crippen molar-refractivity contribution in [3.8, 4) is 0 Å². The summed E-state index contributed by atoms with van der Waals surface area (Å²) >= 11 is 0. The Morgan fingerprint density at radius 3 is 2.52 bits per heavy atom. The predicted octanol–water partition coefficient (Wildman–Crippen LogP) is 2.99. The van der Waals surface area contributed by atoms with Crippen LogP contribution in [0.5, 0.6) is 0 Å². The molecule has 0 atom stereocenters. The van der Waals surface area contributed by atoms with E-state index in [1.54, 1.807) is 6.07 Å². The number of piperazine rings is 1. The number of carbonyl (C=O) groups excluding carboxylic acids is 2. The second-order valence-corrected chi connectivity index (χ2v) is 8.07. The van der Waals surface area contributed by atoms with Gasteiger partial charge in [0.05, 0.1) is 5.71 Å². The van der Waals surface area contributed by atoms with E-state index in [-0.39, 0.29) is 11.8 Å². The lowest BCUT2D eigenvalue weighted by atomic mass is 10.00. The Morgan fingerprint density at radius 2 is 1.77 bits per heavy atom. The van der Waals surface area contributed by atoms with Gasteiger partial charge < -0.3 is 15.4 Å². The first-order valence-electron chi connectivity index (χ1n) is 10.8. The molecule has 7 nitrogen and oxygen atoms in total. The number of amides is 2. The van der Waals surface area contributed by atoms with E-state index in [1.807, 2.05) is 47.4 Å². The van der Waals surface area contributed by atoms with E-state index < -0.39 is 0 Å². The molecule has 7 heteroatoms. The highest BCUT2D eigenvalue weighted by atomic mass is 16.4. The number of anilines is 1. The molecule has 0 aliphatic carbocycles. The van der Waals surface area contributed by atoms with Crippen LogP contribution in [-0.2, 0) is 11.2 Å². The van der Waals surface area contributed by atoms with Crippen molar-refractivity contribution in [1.29, 1.82) is 0 Å². The first-order valence-corrected chi connectivity index (χ1v) is 10.8. The number of benzene rings is 2. The van der Waals surface area contributed by atoms with E-state index in [9.17, 15) is 14.8 Å². The average Bonchev–Trinajstić information content (AvgIpc) is 2.82. The Hall–Kier alpha value is -3.19. The number of aryl methyl sites for hydroxylation is 1. The molecule has 2 amide bonds. The van der Waals surface area contributed by atoms with Crippen molar-refractivity contribution < 1.29 is 14.8 Å². The van der Waals surface area contributed by atoms with Gasteiger partial charge in [0.15, 0.2) is 0 Å². The van der Waals surface area contributed by atoms with Crippen molar-refractivity contribution in [2.45, 2.75) is 25.7 Å². The highest BCUT2D eigenvalue weighted by molar-refractivity contribution is 6.00. The van der Waals surface area contributed by atoms with Gasteiger partial charge in [-0.2, -0.15) is 0 Å². The molecule has 0 radical (unpaired) electrons. The minimum absolute atomic E-state index is 0.0313. The van der Waals surface area contributed by atoms with Gasteiger partial charge in [-0.05, 0) is 55.1 Å². The van der Waals surface area contributed by atoms with E-state index in [0.29, 0.717) is 43.6 Å². The van der Waals surface area contributed by atoms with Crippen molar-refractivity contribution in [1.82, 2.24) is 9.80 Å². The summed E-state index contributed by atoms with van der Waals surface area (Å²) in [5.41, 5.74) is 4.20. The Kier molecular flexibility index (Phi) is 6.62. The fraction of sp³-hybridized carbons (Fsp3) is 0.375. The first-order chi connectivity index (χ1) is 15.1. The van der Waals surface area contributed by atoms with Gasteiger partial charge in [0, 0.05) is 43.9 Å². The van der Waals surface area contributed by atoms with Crippen molar-refractivity contribution in [2.24, 2.45) is 5.16 Å². The van der Waals surface area contributed by atoms with Gasteiger partial charge in [-0.3, -0.25) is 14.5 Å². The second kappa shape index (κ2) is 9.75. The lowest BCUT2D eigenvalue weighted by Crippen LogP contribution is -2.48. The topological polar surface area (TPSA) is 85.2 Å². The molecule has 2 aliphatic rings. The van der Waals surface area contributed by atoms with Crippen molar-refractivity contribution in [2.75, 3.05) is 38.0 Å². The van der Waals surface area contributed by atoms with Crippen LogP contribution in [0.25, 0.3) is 0 Å². The van der Waals surface area contributed by atoms with Gasteiger partial charge in [0.2, 0.25) is 5.91 Å². The number of fused-ring (bicyclic) bond motifs is 1. The zero-order chi connectivity index (χ0) is 21.6. The number of oxime groups is 1. The standard InChI is InChI=1S/C24H28N4O3/c29-23-11-9-19-17-20(8-10-21(19)25-23)24(30)28-15-13-27(14-16-28)12-4-7-22(26-31)18-5-2-1-3-6-18/h1-3,5-6,8,10,17,31H,4,7,9,11-16H2,(H,25,29). The molecular formula is C24H28N4O3. The number of hydrogen-bond acceptors (Lipinski definition) is 5. The Balaban J connectivity index is 1.25. The smallest absolute Gasteiger partial charge is 0.253 e. The maximum absolute atomic E-state index is 12.9. The normalized spacial score (nSPS) is 17.2. The fourth-order valence-electron chi connectivity index (χ4n) is 4.23. The molecule has 2 aromatic rings. The molecule has 4 rings (SSSR count). The largest absolute Gasteiger partial charge is 0.411 e. The average molecular weight is 421 g/mol. The Morgan fingerprint density at radius 1 is 1.00 bits per heavy atom. The minimum Gasteiger partial charge on any atom is -0.411 e.